The third kappa shape index (κ3) is 4.37. The highest BCUT2D eigenvalue weighted by Crippen LogP contribution is 2.17. The largest absolute Gasteiger partial charge is 0.353 e. The number of hydrogen-bond acceptors (Lipinski definition) is 3. The van der Waals surface area contributed by atoms with Crippen molar-refractivity contribution in [2.75, 3.05) is 19.9 Å². The molecular formula is C13H19FO2S. The molecule has 1 aliphatic rings. The van der Waals surface area contributed by atoms with E-state index in [1.165, 1.54) is 12.0 Å². The lowest BCUT2D eigenvalue weighted by Crippen LogP contribution is -2.23. The van der Waals surface area contributed by atoms with Crippen molar-refractivity contribution in [3.8, 4) is 0 Å². The van der Waals surface area contributed by atoms with Gasteiger partial charge in [0.05, 0.1) is 13.3 Å². The summed E-state index contributed by atoms with van der Waals surface area (Å²) in [5.74, 6) is 0. The Hall–Kier alpha value is -0.450. The SMILES string of the molecule is FCCc1cc(CCOC2CCCCO2)cs1. The summed E-state index contributed by atoms with van der Waals surface area (Å²) >= 11 is 1.63. The minimum absolute atomic E-state index is 0.00676. The highest BCUT2D eigenvalue weighted by atomic mass is 32.1. The molecule has 1 atom stereocenters. The van der Waals surface area contributed by atoms with Gasteiger partial charge < -0.3 is 9.47 Å². The van der Waals surface area contributed by atoms with Crippen LogP contribution in [0, 0.1) is 0 Å². The van der Waals surface area contributed by atoms with Gasteiger partial charge in [0.1, 0.15) is 0 Å². The van der Waals surface area contributed by atoms with Crippen LogP contribution in [0.3, 0.4) is 0 Å². The zero-order valence-corrected chi connectivity index (χ0v) is 10.8. The Morgan fingerprint density at radius 3 is 3.12 bits per heavy atom. The fourth-order valence-electron chi connectivity index (χ4n) is 1.93. The molecule has 2 rings (SSSR count). The first-order chi connectivity index (χ1) is 8.38. The average Bonchev–Trinajstić information content (AvgIpc) is 2.79. The van der Waals surface area contributed by atoms with E-state index in [1.807, 2.05) is 0 Å². The highest BCUT2D eigenvalue weighted by Gasteiger charge is 2.13. The monoisotopic (exact) mass is 258 g/mol. The van der Waals surface area contributed by atoms with Gasteiger partial charge in [-0.25, -0.2) is 0 Å². The summed E-state index contributed by atoms with van der Waals surface area (Å²) in [6, 6.07) is 2.08. The Morgan fingerprint density at radius 1 is 1.41 bits per heavy atom. The van der Waals surface area contributed by atoms with Crippen LogP contribution >= 0.6 is 11.3 Å². The van der Waals surface area contributed by atoms with Gasteiger partial charge in [0.15, 0.2) is 6.29 Å². The van der Waals surface area contributed by atoms with Gasteiger partial charge in [0, 0.05) is 17.9 Å². The average molecular weight is 258 g/mol. The van der Waals surface area contributed by atoms with E-state index in [4.69, 9.17) is 9.47 Å². The Bertz CT molecular complexity index is 321. The molecule has 0 radical (unpaired) electrons. The van der Waals surface area contributed by atoms with E-state index >= 15 is 0 Å². The Kier molecular flexibility index (Phi) is 5.42. The van der Waals surface area contributed by atoms with E-state index in [0.717, 1.165) is 30.7 Å². The number of halogens is 1. The van der Waals surface area contributed by atoms with Gasteiger partial charge in [-0.3, -0.25) is 4.39 Å². The molecule has 0 aromatic carbocycles. The second-order valence-corrected chi connectivity index (χ2v) is 5.27. The van der Waals surface area contributed by atoms with Gasteiger partial charge in [-0.05, 0) is 42.7 Å². The van der Waals surface area contributed by atoms with Crippen LogP contribution in [0.2, 0.25) is 0 Å². The zero-order chi connectivity index (χ0) is 11.9. The first-order valence-corrected chi connectivity index (χ1v) is 7.12. The lowest BCUT2D eigenvalue weighted by atomic mass is 10.2. The predicted octanol–water partition coefficient (Wildman–Crippen LogP) is 3.35. The lowest BCUT2D eigenvalue weighted by molar-refractivity contribution is -0.161. The Labute approximate surface area is 106 Å². The third-order valence-electron chi connectivity index (χ3n) is 2.88. The van der Waals surface area contributed by atoms with Crippen molar-refractivity contribution in [1.29, 1.82) is 0 Å². The Balaban J connectivity index is 1.66. The zero-order valence-electron chi connectivity index (χ0n) is 9.99. The molecule has 2 heterocycles. The first-order valence-electron chi connectivity index (χ1n) is 6.24. The normalized spacial score (nSPS) is 20.6. The molecule has 1 aromatic heterocycles. The number of thiophene rings is 1. The number of hydrogen-bond donors (Lipinski definition) is 0. The van der Waals surface area contributed by atoms with Crippen LogP contribution in [-0.2, 0) is 22.3 Å². The summed E-state index contributed by atoms with van der Waals surface area (Å²) in [5.41, 5.74) is 1.24. The fourth-order valence-corrected chi connectivity index (χ4v) is 2.84. The lowest BCUT2D eigenvalue weighted by Gasteiger charge is -2.22. The molecule has 1 fully saturated rings. The van der Waals surface area contributed by atoms with Crippen molar-refractivity contribution in [2.45, 2.75) is 38.4 Å². The number of alkyl halides is 1. The molecule has 0 spiro atoms. The third-order valence-corrected chi connectivity index (χ3v) is 3.93. The van der Waals surface area contributed by atoms with Gasteiger partial charge in [-0.1, -0.05) is 0 Å². The predicted molar refractivity (Wildman–Crippen MR) is 67.2 cm³/mol. The van der Waals surface area contributed by atoms with Crippen LogP contribution < -0.4 is 0 Å². The van der Waals surface area contributed by atoms with Crippen molar-refractivity contribution in [3.05, 3.63) is 21.9 Å². The van der Waals surface area contributed by atoms with Crippen molar-refractivity contribution < 1.29 is 13.9 Å². The van der Waals surface area contributed by atoms with Crippen molar-refractivity contribution in [2.24, 2.45) is 0 Å². The maximum atomic E-state index is 12.1. The molecule has 0 N–H and O–H groups in total. The van der Waals surface area contributed by atoms with Crippen LogP contribution in [0.4, 0.5) is 4.39 Å². The van der Waals surface area contributed by atoms with E-state index in [0.29, 0.717) is 13.0 Å². The van der Waals surface area contributed by atoms with E-state index < -0.39 is 0 Å². The van der Waals surface area contributed by atoms with E-state index in [1.54, 1.807) is 11.3 Å². The van der Waals surface area contributed by atoms with Gasteiger partial charge >= 0.3 is 0 Å². The summed E-state index contributed by atoms with van der Waals surface area (Å²) in [4.78, 5) is 1.12. The maximum Gasteiger partial charge on any atom is 0.157 e. The molecule has 96 valence electrons. The van der Waals surface area contributed by atoms with Gasteiger partial charge in [0.25, 0.3) is 0 Å². The quantitative estimate of drug-likeness (QED) is 0.779. The second kappa shape index (κ2) is 7.09. The van der Waals surface area contributed by atoms with Crippen molar-refractivity contribution in [1.82, 2.24) is 0 Å². The summed E-state index contributed by atoms with van der Waals surface area (Å²) < 4.78 is 23.3. The van der Waals surface area contributed by atoms with Crippen LogP contribution in [-0.4, -0.2) is 26.2 Å². The van der Waals surface area contributed by atoms with Crippen LogP contribution in [0.15, 0.2) is 11.4 Å². The summed E-state index contributed by atoms with van der Waals surface area (Å²) in [6.45, 7) is 1.24. The molecule has 0 saturated carbocycles. The molecule has 1 unspecified atom stereocenters. The number of aryl methyl sites for hydroxylation is 1. The summed E-state index contributed by atoms with van der Waals surface area (Å²) in [5, 5.41) is 2.09. The molecule has 4 heteroatoms. The molecule has 1 aromatic rings. The summed E-state index contributed by atoms with van der Waals surface area (Å²) in [6.07, 6.45) is 4.78. The van der Waals surface area contributed by atoms with E-state index in [2.05, 4.69) is 11.4 Å². The van der Waals surface area contributed by atoms with Crippen LogP contribution in [0.1, 0.15) is 29.7 Å². The van der Waals surface area contributed by atoms with Gasteiger partial charge in [0.2, 0.25) is 0 Å². The van der Waals surface area contributed by atoms with Crippen LogP contribution in [0.5, 0.6) is 0 Å². The number of ether oxygens (including phenoxy) is 2. The number of rotatable bonds is 6. The summed E-state index contributed by atoms with van der Waals surface area (Å²) in [7, 11) is 0. The standard InChI is InChI=1S/C13H19FO2S/c14-6-4-12-9-11(10-17-12)5-8-16-13-3-1-2-7-15-13/h9-10,13H,1-8H2. The molecular weight excluding hydrogens is 239 g/mol. The molecule has 1 aliphatic heterocycles. The van der Waals surface area contributed by atoms with Gasteiger partial charge in [-0.2, -0.15) is 0 Å². The van der Waals surface area contributed by atoms with Crippen LogP contribution in [0.25, 0.3) is 0 Å². The van der Waals surface area contributed by atoms with E-state index in [9.17, 15) is 4.39 Å². The molecule has 1 saturated heterocycles. The molecule has 17 heavy (non-hydrogen) atoms. The second-order valence-electron chi connectivity index (χ2n) is 4.28. The maximum absolute atomic E-state index is 12.1. The molecule has 2 nitrogen and oxygen atoms in total. The minimum atomic E-state index is -0.271. The molecule has 0 bridgehead atoms. The first kappa shape index (κ1) is 13.0. The van der Waals surface area contributed by atoms with Crippen molar-refractivity contribution >= 4 is 11.3 Å². The topological polar surface area (TPSA) is 18.5 Å². The molecule has 0 amide bonds. The van der Waals surface area contributed by atoms with Gasteiger partial charge in [-0.15, -0.1) is 11.3 Å². The fraction of sp³-hybridized carbons (Fsp3) is 0.692. The Morgan fingerprint density at radius 2 is 2.35 bits per heavy atom. The van der Waals surface area contributed by atoms with Crippen molar-refractivity contribution in [3.63, 3.8) is 0 Å². The highest BCUT2D eigenvalue weighted by molar-refractivity contribution is 7.10. The minimum Gasteiger partial charge on any atom is -0.353 e. The van der Waals surface area contributed by atoms with E-state index in [-0.39, 0.29) is 13.0 Å². The smallest absolute Gasteiger partial charge is 0.157 e. The molecule has 0 aliphatic carbocycles.